The third-order valence-corrected chi connectivity index (χ3v) is 2.33. The minimum absolute atomic E-state index is 0.189. The quantitative estimate of drug-likeness (QED) is 0.637. The zero-order valence-corrected chi connectivity index (χ0v) is 10.4. The number of furan rings is 1. The van der Waals surface area contributed by atoms with Gasteiger partial charge in [-0.3, -0.25) is 0 Å². The van der Waals surface area contributed by atoms with Crippen LogP contribution in [0, 0.1) is 0 Å². The van der Waals surface area contributed by atoms with Gasteiger partial charge in [-0.1, -0.05) is 28.1 Å². The Morgan fingerprint density at radius 3 is 2.59 bits per heavy atom. The zero-order chi connectivity index (χ0) is 12.1. The summed E-state index contributed by atoms with van der Waals surface area (Å²) in [6.07, 6.45) is 3.32. The Morgan fingerprint density at radius 1 is 1.24 bits per heavy atom. The second-order valence-corrected chi connectivity index (χ2v) is 3.76. The number of rotatable bonds is 3. The molecule has 0 unspecified atom stereocenters. The summed E-state index contributed by atoms with van der Waals surface area (Å²) in [4.78, 5) is 13.3. The van der Waals surface area contributed by atoms with Crippen LogP contribution < -0.4 is 4.74 Å². The highest BCUT2D eigenvalue weighted by atomic mass is 79.9. The van der Waals surface area contributed by atoms with Crippen molar-refractivity contribution in [1.82, 2.24) is 0 Å². The van der Waals surface area contributed by atoms with Gasteiger partial charge in [0, 0.05) is 0 Å². The van der Waals surface area contributed by atoms with Crippen molar-refractivity contribution in [2.45, 2.75) is 0 Å². The molecule has 0 aliphatic rings. The lowest BCUT2D eigenvalue weighted by molar-refractivity contribution is 0.0701. The van der Waals surface area contributed by atoms with E-state index in [1.807, 2.05) is 18.2 Å². The first-order chi connectivity index (χ1) is 8.29. The summed E-state index contributed by atoms with van der Waals surface area (Å²) in [5.74, 6) is 0.173. The number of carbonyl (C=O) groups is 1. The van der Waals surface area contributed by atoms with Crippen LogP contribution in [0.5, 0.6) is 5.75 Å². The zero-order valence-electron chi connectivity index (χ0n) is 8.80. The number of halogens is 1. The third kappa shape index (κ3) is 3.07. The average molecular weight is 293 g/mol. The van der Waals surface area contributed by atoms with Gasteiger partial charge in [-0.05, 0) is 40.9 Å². The first-order valence-electron chi connectivity index (χ1n) is 4.92. The molecule has 2 rings (SSSR count). The summed E-state index contributed by atoms with van der Waals surface area (Å²) in [5.41, 5.74) is 1.01. The molecule has 0 aliphatic carbocycles. The van der Waals surface area contributed by atoms with E-state index < -0.39 is 5.97 Å². The van der Waals surface area contributed by atoms with Crippen LogP contribution >= 0.6 is 15.9 Å². The van der Waals surface area contributed by atoms with E-state index in [1.165, 1.54) is 6.26 Å². The molecule has 0 aliphatic heterocycles. The van der Waals surface area contributed by atoms with E-state index in [9.17, 15) is 4.79 Å². The topological polar surface area (TPSA) is 39.4 Å². The van der Waals surface area contributed by atoms with Gasteiger partial charge in [-0.25, -0.2) is 4.79 Å². The molecule has 0 saturated carbocycles. The predicted molar refractivity (Wildman–Crippen MR) is 68.1 cm³/mol. The third-order valence-electron chi connectivity index (χ3n) is 2.07. The fraction of sp³-hybridized carbons (Fsp3) is 0. The van der Waals surface area contributed by atoms with E-state index >= 15 is 0 Å². The molecule has 17 heavy (non-hydrogen) atoms. The number of esters is 1. The van der Waals surface area contributed by atoms with Crippen LogP contribution in [0.1, 0.15) is 16.1 Å². The van der Waals surface area contributed by atoms with Crippen molar-refractivity contribution in [2.75, 3.05) is 0 Å². The minimum Gasteiger partial charge on any atom is -0.457 e. The van der Waals surface area contributed by atoms with Crippen molar-refractivity contribution < 1.29 is 13.9 Å². The highest BCUT2D eigenvalue weighted by molar-refractivity contribution is 9.11. The molecule has 86 valence electrons. The summed E-state index contributed by atoms with van der Waals surface area (Å²) in [6.45, 7) is 0. The van der Waals surface area contributed by atoms with Crippen LogP contribution in [0.15, 0.2) is 52.1 Å². The lowest BCUT2D eigenvalue weighted by atomic mass is 10.2. The molecule has 2 aromatic rings. The smallest absolute Gasteiger partial charge is 0.379 e. The summed E-state index contributed by atoms with van der Waals surface area (Å²) in [5, 5.41) is 0. The molecule has 0 bridgehead atoms. The fourth-order valence-electron chi connectivity index (χ4n) is 1.27. The maximum atomic E-state index is 11.5. The van der Waals surface area contributed by atoms with E-state index in [-0.39, 0.29) is 5.76 Å². The molecule has 0 radical (unpaired) electrons. The van der Waals surface area contributed by atoms with Crippen LogP contribution in [0.3, 0.4) is 0 Å². The highest BCUT2D eigenvalue weighted by Crippen LogP contribution is 2.15. The van der Waals surface area contributed by atoms with Crippen LogP contribution in [-0.2, 0) is 0 Å². The number of ether oxygens (including phenoxy) is 1. The molecule has 1 heterocycles. The SMILES string of the molecule is O=C(Oc1ccc(/C=C/Br)cc1)c1ccco1. The molecule has 0 N–H and O–H groups in total. The van der Waals surface area contributed by atoms with Crippen molar-refractivity contribution in [3.8, 4) is 5.75 Å². The Hall–Kier alpha value is -1.81. The molecule has 0 fully saturated rings. The molecule has 1 aromatic carbocycles. The Labute approximate surface area is 107 Å². The normalized spacial score (nSPS) is 10.6. The fourth-order valence-corrected chi connectivity index (χ4v) is 1.58. The Kier molecular flexibility index (Phi) is 3.77. The Balaban J connectivity index is 2.06. The monoisotopic (exact) mass is 292 g/mol. The molecule has 0 saturated heterocycles. The molecular weight excluding hydrogens is 284 g/mol. The van der Waals surface area contributed by atoms with Gasteiger partial charge in [0.25, 0.3) is 0 Å². The first kappa shape index (κ1) is 11.7. The summed E-state index contributed by atoms with van der Waals surface area (Å²) < 4.78 is 10.1. The summed E-state index contributed by atoms with van der Waals surface area (Å²) in [7, 11) is 0. The van der Waals surface area contributed by atoms with Crippen LogP contribution in [0.4, 0.5) is 0 Å². The van der Waals surface area contributed by atoms with E-state index in [0.717, 1.165) is 5.56 Å². The van der Waals surface area contributed by atoms with Gasteiger partial charge < -0.3 is 9.15 Å². The molecule has 0 spiro atoms. The number of carbonyl (C=O) groups excluding carboxylic acids is 1. The average Bonchev–Trinajstić information content (AvgIpc) is 2.86. The van der Waals surface area contributed by atoms with Crippen LogP contribution in [0.25, 0.3) is 6.08 Å². The van der Waals surface area contributed by atoms with Gasteiger partial charge in [0.05, 0.1) is 6.26 Å². The standard InChI is InChI=1S/C13H9BrO3/c14-8-7-10-3-5-11(6-4-10)17-13(15)12-2-1-9-16-12/h1-9H/b8-7+. The minimum atomic E-state index is -0.501. The molecule has 0 amide bonds. The summed E-state index contributed by atoms with van der Waals surface area (Å²) >= 11 is 3.19. The van der Waals surface area contributed by atoms with Gasteiger partial charge in [0.1, 0.15) is 5.75 Å². The molecule has 4 heteroatoms. The largest absolute Gasteiger partial charge is 0.457 e. The van der Waals surface area contributed by atoms with Gasteiger partial charge in [0.15, 0.2) is 0 Å². The summed E-state index contributed by atoms with van der Waals surface area (Å²) in [6, 6.07) is 10.3. The first-order valence-corrected chi connectivity index (χ1v) is 5.83. The van der Waals surface area contributed by atoms with Crippen molar-refractivity contribution >= 4 is 28.0 Å². The van der Waals surface area contributed by atoms with E-state index in [0.29, 0.717) is 5.75 Å². The maximum Gasteiger partial charge on any atom is 0.379 e. The molecule has 0 atom stereocenters. The van der Waals surface area contributed by atoms with E-state index in [2.05, 4.69) is 15.9 Å². The van der Waals surface area contributed by atoms with Gasteiger partial charge in [-0.2, -0.15) is 0 Å². The van der Waals surface area contributed by atoms with Gasteiger partial charge in [-0.15, -0.1) is 0 Å². The lowest BCUT2D eigenvalue weighted by Crippen LogP contribution is -2.06. The van der Waals surface area contributed by atoms with Gasteiger partial charge in [0.2, 0.25) is 5.76 Å². The van der Waals surface area contributed by atoms with E-state index in [1.54, 1.807) is 29.3 Å². The molecule has 3 nitrogen and oxygen atoms in total. The van der Waals surface area contributed by atoms with Gasteiger partial charge >= 0.3 is 5.97 Å². The van der Waals surface area contributed by atoms with Crippen LogP contribution in [0.2, 0.25) is 0 Å². The van der Waals surface area contributed by atoms with Crippen LogP contribution in [-0.4, -0.2) is 5.97 Å². The van der Waals surface area contributed by atoms with Crippen molar-refractivity contribution in [2.24, 2.45) is 0 Å². The molecular formula is C13H9BrO3. The van der Waals surface area contributed by atoms with Crippen molar-refractivity contribution in [3.05, 3.63) is 59.0 Å². The Morgan fingerprint density at radius 2 is 2.00 bits per heavy atom. The Bertz CT molecular complexity index is 512. The highest BCUT2D eigenvalue weighted by Gasteiger charge is 2.10. The number of benzene rings is 1. The second kappa shape index (κ2) is 5.50. The van der Waals surface area contributed by atoms with Crippen molar-refractivity contribution in [3.63, 3.8) is 0 Å². The maximum absolute atomic E-state index is 11.5. The number of hydrogen-bond acceptors (Lipinski definition) is 3. The molecule has 1 aromatic heterocycles. The number of hydrogen-bond donors (Lipinski definition) is 0. The predicted octanol–water partition coefficient (Wildman–Crippen LogP) is 3.86. The van der Waals surface area contributed by atoms with E-state index in [4.69, 9.17) is 9.15 Å². The second-order valence-electron chi connectivity index (χ2n) is 3.23. The van der Waals surface area contributed by atoms with Crippen molar-refractivity contribution in [1.29, 1.82) is 0 Å². The lowest BCUT2D eigenvalue weighted by Gasteiger charge is -2.02.